The molecule has 0 unspecified atom stereocenters. The van der Waals surface area contributed by atoms with Crippen LogP contribution in [0.25, 0.3) is 10.8 Å². The van der Waals surface area contributed by atoms with Crippen molar-refractivity contribution in [2.24, 2.45) is 0 Å². The molecule has 0 saturated heterocycles. The fourth-order valence-corrected chi connectivity index (χ4v) is 2.09. The Morgan fingerprint density at radius 1 is 1.42 bits per heavy atom. The fourth-order valence-electron chi connectivity index (χ4n) is 2.09. The molecule has 0 aliphatic heterocycles. The number of pyridine rings is 1. The van der Waals surface area contributed by atoms with Gasteiger partial charge in [0.2, 0.25) is 0 Å². The van der Waals surface area contributed by atoms with Gasteiger partial charge in [-0.15, -0.1) is 6.58 Å². The molecule has 0 aliphatic rings. The van der Waals surface area contributed by atoms with Gasteiger partial charge in [0, 0.05) is 19.0 Å². The van der Waals surface area contributed by atoms with Crippen molar-refractivity contribution in [2.45, 2.75) is 13.5 Å². The Kier molecular flexibility index (Phi) is 3.51. The van der Waals surface area contributed by atoms with E-state index in [9.17, 15) is 9.59 Å². The predicted octanol–water partition coefficient (Wildman–Crippen LogP) is 1.86. The van der Waals surface area contributed by atoms with E-state index >= 15 is 0 Å². The normalized spacial score (nSPS) is 10.4. The van der Waals surface area contributed by atoms with Gasteiger partial charge in [0.1, 0.15) is 5.69 Å². The Labute approximate surface area is 111 Å². The number of rotatable bonds is 3. The molecule has 0 atom stereocenters. The second-order valence-corrected chi connectivity index (χ2v) is 4.40. The van der Waals surface area contributed by atoms with Crippen LogP contribution in [0.3, 0.4) is 0 Å². The molecule has 0 aliphatic carbocycles. The molecule has 0 radical (unpaired) electrons. The monoisotopic (exact) mass is 256 g/mol. The van der Waals surface area contributed by atoms with Crippen LogP contribution in [0.15, 0.2) is 41.7 Å². The van der Waals surface area contributed by atoms with Crippen molar-refractivity contribution in [3.8, 4) is 0 Å². The summed E-state index contributed by atoms with van der Waals surface area (Å²) in [6, 6.07) is 7.35. The zero-order valence-electron chi connectivity index (χ0n) is 11.1. The third kappa shape index (κ3) is 2.29. The number of carbonyl (C=O) groups is 1. The van der Waals surface area contributed by atoms with Crippen molar-refractivity contribution in [3.63, 3.8) is 0 Å². The topological polar surface area (TPSA) is 51.1 Å². The lowest BCUT2D eigenvalue weighted by atomic mass is 10.1. The van der Waals surface area contributed by atoms with Gasteiger partial charge in [-0.2, -0.15) is 0 Å². The minimum atomic E-state index is -0.276. The van der Waals surface area contributed by atoms with Gasteiger partial charge in [-0.1, -0.05) is 23.8 Å². The average Bonchev–Trinajstić information content (AvgIpc) is 2.41. The number of aromatic nitrogens is 1. The Balaban J connectivity index is 2.85. The Morgan fingerprint density at radius 2 is 2.16 bits per heavy atom. The van der Waals surface area contributed by atoms with E-state index in [-0.39, 0.29) is 11.5 Å². The predicted molar refractivity (Wildman–Crippen MR) is 76.5 cm³/mol. The molecule has 2 aromatic rings. The molecule has 98 valence electrons. The number of aryl methyl sites for hydroxylation is 1. The number of nitrogens with zero attached hydrogens (tertiary/aromatic N) is 1. The molecule has 1 heterocycles. The molecule has 2 rings (SSSR count). The highest BCUT2D eigenvalue weighted by atomic mass is 16.2. The van der Waals surface area contributed by atoms with Crippen LogP contribution in [0.5, 0.6) is 0 Å². The van der Waals surface area contributed by atoms with Crippen LogP contribution >= 0.6 is 0 Å². The summed E-state index contributed by atoms with van der Waals surface area (Å²) < 4.78 is 1.44. The molecule has 1 N–H and O–H groups in total. The van der Waals surface area contributed by atoms with Crippen LogP contribution in [0, 0.1) is 6.92 Å². The van der Waals surface area contributed by atoms with Crippen molar-refractivity contribution >= 4 is 16.7 Å². The largest absolute Gasteiger partial charge is 0.354 e. The smallest absolute Gasteiger partial charge is 0.267 e. The van der Waals surface area contributed by atoms with Crippen molar-refractivity contribution < 1.29 is 4.79 Å². The first-order valence-corrected chi connectivity index (χ1v) is 6.05. The van der Waals surface area contributed by atoms with E-state index in [1.54, 1.807) is 19.2 Å². The van der Waals surface area contributed by atoms with Crippen LogP contribution in [0.2, 0.25) is 0 Å². The van der Waals surface area contributed by atoms with Crippen molar-refractivity contribution in [1.82, 2.24) is 9.88 Å². The number of benzene rings is 1. The van der Waals surface area contributed by atoms with Crippen molar-refractivity contribution in [3.05, 3.63) is 58.5 Å². The number of amides is 1. The first-order valence-electron chi connectivity index (χ1n) is 6.05. The molecule has 0 spiro atoms. The van der Waals surface area contributed by atoms with Gasteiger partial charge in [-0.25, -0.2) is 0 Å². The summed E-state index contributed by atoms with van der Waals surface area (Å²) in [5.74, 6) is -0.276. The molecule has 1 amide bonds. The summed E-state index contributed by atoms with van der Waals surface area (Å²) in [5.41, 5.74) is 1.20. The van der Waals surface area contributed by atoms with Crippen molar-refractivity contribution in [2.75, 3.05) is 7.05 Å². The SMILES string of the molecule is C=CCn1c(C(=O)NC)cc2ccc(C)cc2c1=O. The average molecular weight is 256 g/mol. The first kappa shape index (κ1) is 13.1. The molecule has 0 saturated carbocycles. The quantitative estimate of drug-likeness (QED) is 0.852. The van der Waals surface area contributed by atoms with Crippen molar-refractivity contribution in [1.29, 1.82) is 0 Å². The summed E-state index contributed by atoms with van der Waals surface area (Å²) in [6.45, 7) is 5.87. The molecule has 1 aromatic heterocycles. The van der Waals surface area contributed by atoms with E-state index < -0.39 is 0 Å². The van der Waals surface area contributed by atoms with Crippen LogP contribution in [0.1, 0.15) is 16.1 Å². The van der Waals surface area contributed by atoms with Crippen LogP contribution in [-0.2, 0) is 6.54 Å². The second kappa shape index (κ2) is 5.10. The summed E-state index contributed by atoms with van der Waals surface area (Å²) in [7, 11) is 1.55. The van der Waals surface area contributed by atoms with E-state index in [0.29, 0.717) is 17.6 Å². The number of fused-ring (bicyclic) bond motifs is 1. The zero-order valence-corrected chi connectivity index (χ0v) is 11.1. The lowest BCUT2D eigenvalue weighted by Crippen LogP contribution is -2.30. The number of carbonyl (C=O) groups excluding carboxylic acids is 1. The third-order valence-corrected chi connectivity index (χ3v) is 3.04. The Hall–Kier alpha value is -2.36. The molecular formula is C15H16N2O2. The molecule has 0 bridgehead atoms. The van der Waals surface area contributed by atoms with E-state index in [2.05, 4.69) is 11.9 Å². The minimum Gasteiger partial charge on any atom is -0.354 e. The summed E-state index contributed by atoms with van der Waals surface area (Å²) >= 11 is 0. The van der Waals surface area contributed by atoms with E-state index in [1.807, 2.05) is 25.1 Å². The van der Waals surface area contributed by atoms with Crippen LogP contribution < -0.4 is 10.9 Å². The standard InChI is InChI=1S/C15H16N2O2/c1-4-7-17-13(14(18)16-3)9-11-6-5-10(2)8-12(11)15(17)19/h4-6,8-9H,1,7H2,2-3H3,(H,16,18). The molecule has 4 heteroatoms. The maximum atomic E-state index is 12.4. The van der Waals surface area contributed by atoms with E-state index in [4.69, 9.17) is 0 Å². The lowest BCUT2D eigenvalue weighted by Gasteiger charge is -2.12. The van der Waals surface area contributed by atoms with Gasteiger partial charge >= 0.3 is 0 Å². The molecule has 19 heavy (non-hydrogen) atoms. The lowest BCUT2D eigenvalue weighted by molar-refractivity contribution is 0.0953. The van der Waals surface area contributed by atoms with Gasteiger partial charge in [-0.3, -0.25) is 14.2 Å². The van der Waals surface area contributed by atoms with Crippen LogP contribution in [-0.4, -0.2) is 17.5 Å². The second-order valence-electron chi connectivity index (χ2n) is 4.40. The van der Waals surface area contributed by atoms with Gasteiger partial charge < -0.3 is 5.32 Å². The minimum absolute atomic E-state index is 0.167. The van der Waals surface area contributed by atoms with Gasteiger partial charge in [-0.05, 0) is 24.4 Å². The summed E-state index contributed by atoms with van der Waals surface area (Å²) in [4.78, 5) is 24.3. The zero-order chi connectivity index (χ0) is 14.0. The van der Waals surface area contributed by atoms with E-state index in [0.717, 1.165) is 10.9 Å². The third-order valence-electron chi connectivity index (χ3n) is 3.04. The highest BCUT2D eigenvalue weighted by molar-refractivity contribution is 5.96. The number of hydrogen-bond acceptors (Lipinski definition) is 2. The van der Waals surface area contributed by atoms with Crippen LogP contribution in [0.4, 0.5) is 0 Å². The van der Waals surface area contributed by atoms with Gasteiger partial charge in [0.25, 0.3) is 11.5 Å². The van der Waals surface area contributed by atoms with Gasteiger partial charge in [0.05, 0.1) is 0 Å². The van der Waals surface area contributed by atoms with Gasteiger partial charge in [0.15, 0.2) is 0 Å². The molecule has 4 nitrogen and oxygen atoms in total. The first-order chi connectivity index (χ1) is 9.08. The molecule has 0 fully saturated rings. The highest BCUT2D eigenvalue weighted by Crippen LogP contribution is 2.14. The maximum absolute atomic E-state index is 12.4. The molecule has 1 aromatic carbocycles. The Bertz CT molecular complexity index is 714. The summed E-state index contributed by atoms with van der Waals surface area (Å²) in [6.07, 6.45) is 1.61. The highest BCUT2D eigenvalue weighted by Gasteiger charge is 2.13. The van der Waals surface area contributed by atoms with E-state index in [1.165, 1.54) is 4.57 Å². The summed E-state index contributed by atoms with van der Waals surface area (Å²) in [5, 5.41) is 3.94. The Morgan fingerprint density at radius 3 is 2.79 bits per heavy atom. The maximum Gasteiger partial charge on any atom is 0.267 e. The number of hydrogen-bond donors (Lipinski definition) is 1. The number of allylic oxidation sites excluding steroid dienone is 1. The number of nitrogens with one attached hydrogen (secondary N) is 1. The fraction of sp³-hybridized carbons (Fsp3) is 0.200. The molecular weight excluding hydrogens is 240 g/mol.